The standard InChI is InChI=1S/C11H17N3O3/c1-11(2,3)17-9(15)7-13-10-12-6-5-8(14-10)16-4/h5-6H,7H2,1-4H3,(H,12,13,14). The van der Waals surface area contributed by atoms with Crippen LogP contribution in [0, 0.1) is 0 Å². The van der Waals surface area contributed by atoms with Crippen LogP contribution in [-0.4, -0.2) is 35.2 Å². The minimum Gasteiger partial charge on any atom is -0.481 e. The quantitative estimate of drug-likeness (QED) is 0.797. The van der Waals surface area contributed by atoms with Crippen molar-refractivity contribution in [3.05, 3.63) is 12.3 Å². The molecule has 1 heterocycles. The average Bonchev–Trinajstić information content (AvgIpc) is 2.24. The molecule has 1 aromatic heterocycles. The lowest BCUT2D eigenvalue weighted by atomic mass is 10.2. The predicted molar refractivity (Wildman–Crippen MR) is 62.9 cm³/mol. The number of aromatic nitrogens is 2. The monoisotopic (exact) mass is 239 g/mol. The lowest BCUT2D eigenvalue weighted by molar-refractivity contribution is -0.152. The summed E-state index contributed by atoms with van der Waals surface area (Å²) in [5, 5.41) is 2.76. The van der Waals surface area contributed by atoms with E-state index in [0.29, 0.717) is 11.8 Å². The van der Waals surface area contributed by atoms with Gasteiger partial charge in [-0.3, -0.25) is 4.79 Å². The van der Waals surface area contributed by atoms with Crippen LogP contribution in [0.5, 0.6) is 5.88 Å². The minimum absolute atomic E-state index is 0.0183. The number of hydrogen-bond donors (Lipinski definition) is 1. The Kier molecular flexibility index (Phi) is 4.25. The Balaban J connectivity index is 2.47. The van der Waals surface area contributed by atoms with Gasteiger partial charge in [0.25, 0.3) is 0 Å². The van der Waals surface area contributed by atoms with Gasteiger partial charge in [-0.25, -0.2) is 4.98 Å². The summed E-state index contributed by atoms with van der Waals surface area (Å²) in [4.78, 5) is 19.4. The van der Waals surface area contributed by atoms with Crippen molar-refractivity contribution in [1.29, 1.82) is 0 Å². The Morgan fingerprint density at radius 3 is 2.76 bits per heavy atom. The van der Waals surface area contributed by atoms with Crippen LogP contribution < -0.4 is 10.1 Å². The molecule has 0 aliphatic heterocycles. The zero-order chi connectivity index (χ0) is 12.9. The van der Waals surface area contributed by atoms with E-state index in [2.05, 4.69) is 15.3 Å². The highest BCUT2D eigenvalue weighted by atomic mass is 16.6. The molecule has 1 N–H and O–H groups in total. The summed E-state index contributed by atoms with van der Waals surface area (Å²) in [5.74, 6) is 0.408. The molecule has 17 heavy (non-hydrogen) atoms. The first-order chi connectivity index (χ1) is 7.90. The summed E-state index contributed by atoms with van der Waals surface area (Å²) in [7, 11) is 1.51. The normalized spacial score (nSPS) is 10.8. The second-order valence-corrected chi connectivity index (χ2v) is 4.36. The lowest BCUT2D eigenvalue weighted by Crippen LogP contribution is -2.28. The van der Waals surface area contributed by atoms with Gasteiger partial charge in [0.15, 0.2) is 0 Å². The molecule has 1 aromatic rings. The summed E-state index contributed by atoms with van der Waals surface area (Å²) < 4.78 is 10.1. The third-order valence-electron chi connectivity index (χ3n) is 1.65. The van der Waals surface area contributed by atoms with E-state index in [-0.39, 0.29) is 12.5 Å². The molecular formula is C11H17N3O3. The topological polar surface area (TPSA) is 73.3 Å². The summed E-state index contributed by atoms with van der Waals surface area (Å²) in [6, 6.07) is 1.62. The van der Waals surface area contributed by atoms with Crippen molar-refractivity contribution in [2.24, 2.45) is 0 Å². The number of anilines is 1. The fraction of sp³-hybridized carbons (Fsp3) is 0.545. The Morgan fingerprint density at radius 1 is 1.47 bits per heavy atom. The van der Waals surface area contributed by atoms with Gasteiger partial charge in [-0.05, 0) is 20.8 Å². The summed E-state index contributed by atoms with van der Waals surface area (Å²) in [6.45, 7) is 5.46. The van der Waals surface area contributed by atoms with Crippen molar-refractivity contribution in [1.82, 2.24) is 9.97 Å². The van der Waals surface area contributed by atoms with Gasteiger partial charge >= 0.3 is 5.97 Å². The first kappa shape index (κ1) is 13.2. The number of nitrogens with zero attached hydrogens (tertiary/aromatic N) is 2. The van der Waals surface area contributed by atoms with Crippen LogP contribution in [0.4, 0.5) is 5.95 Å². The van der Waals surface area contributed by atoms with E-state index in [1.165, 1.54) is 7.11 Å². The van der Waals surface area contributed by atoms with Crippen LogP contribution in [0.1, 0.15) is 20.8 Å². The Morgan fingerprint density at radius 2 is 2.18 bits per heavy atom. The summed E-state index contributed by atoms with van der Waals surface area (Å²) >= 11 is 0. The van der Waals surface area contributed by atoms with Crippen LogP contribution in [0.25, 0.3) is 0 Å². The van der Waals surface area contributed by atoms with Crippen LogP contribution in [0.2, 0.25) is 0 Å². The Bertz CT molecular complexity index is 388. The molecule has 6 heteroatoms. The molecule has 0 aliphatic carbocycles. The second-order valence-electron chi connectivity index (χ2n) is 4.36. The first-order valence-corrected chi connectivity index (χ1v) is 5.23. The highest BCUT2D eigenvalue weighted by Crippen LogP contribution is 2.09. The molecule has 94 valence electrons. The van der Waals surface area contributed by atoms with Crippen molar-refractivity contribution < 1.29 is 14.3 Å². The van der Waals surface area contributed by atoms with Crippen molar-refractivity contribution in [2.45, 2.75) is 26.4 Å². The number of esters is 1. The van der Waals surface area contributed by atoms with E-state index >= 15 is 0 Å². The maximum absolute atomic E-state index is 11.4. The minimum atomic E-state index is -0.492. The van der Waals surface area contributed by atoms with Gasteiger partial charge in [0.1, 0.15) is 12.1 Å². The molecule has 0 amide bonds. The van der Waals surface area contributed by atoms with Gasteiger partial charge in [0, 0.05) is 12.3 Å². The zero-order valence-electron chi connectivity index (χ0n) is 10.5. The van der Waals surface area contributed by atoms with E-state index in [0.717, 1.165) is 0 Å². The molecule has 0 saturated heterocycles. The van der Waals surface area contributed by atoms with Crippen LogP contribution >= 0.6 is 0 Å². The number of ether oxygens (including phenoxy) is 2. The molecule has 1 rings (SSSR count). The summed E-state index contributed by atoms with van der Waals surface area (Å²) in [6.07, 6.45) is 1.54. The smallest absolute Gasteiger partial charge is 0.325 e. The van der Waals surface area contributed by atoms with E-state index < -0.39 is 5.60 Å². The number of hydrogen-bond acceptors (Lipinski definition) is 6. The van der Waals surface area contributed by atoms with E-state index in [9.17, 15) is 4.79 Å². The number of nitrogens with one attached hydrogen (secondary N) is 1. The highest BCUT2D eigenvalue weighted by molar-refractivity contribution is 5.74. The van der Waals surface area contributed by atoms with Gasteiger partial charge in [-0.2, -0.15) is 4.98 Å². The number of rotatable bonds is 4. The van der Waals surface area contributed by atoms with Gasteiger partial charge in [-0.1, -0.05) is 0 Å². The SMILES string of the molecule is COc1ccnc(NCC(=O)OC(C)(C)C)n1. The Hall–Kier alpha value is -1.85. The van der Waals surface area contributed by atoms with Crippen molar-refractivity contribution >= 4 is 11.9 Å². The molecule has 0 spiro atoms. The van der Waals surface area contributed by atoms with Crippen molar-refractivity contribution in [2.75, 3.05) is 19.0 Å². The number of methoxy groups -OCH3 is 1. The maximum Gasteiger partial charge on any atom is 0.325 e. The molecule has 0 atom stereocenters. The average molecular weight is 239 g/mol. The van der Waals surface area contributed by atoms with E-state index in [1.54, 1.807) is 12.3 Å². The van der Waals surface area contributed by atoms with Crippen LogP contribution in [0.15, 0.2) is 12.3 Å². The van der Waals surface area contributed by atoms with Crippen molar-refractivity contribution in [3.8, 4) is 5.88 Å². The van der Waals surface area contributed by atoms with Gasteiger partial charge in [-0.15, -0.1) is 0 Å². The molecule has 0 aromatic carbocycles. The first-order valence-electron chi connectivity index (χ1n) is 5.23. The van der Waals surface area contributed by atoms with Crippen molar-refractivity contribution in [3.63, 3.8) is 0 Å². The molecule has 0 aliphatic rings. The third kappa shape index (κ3) is 5.14. The van der Waals surface area contributed by atoms with Crippen LogP contribution in [0.3, 0.4) is 0 Å². The van der Waals surface area contributed by atoms with Gasteiger partial charge in [0.05, 0.1) is 7.11 Å². The molecule has 0 radical (unpaired) electrons. The Labute approximate surface area is 100 Å². The fourth-order valence-corrected chi connectivity index (χ4v) is 1.07. The highest BCUT2D eigenvalue weighted by Gasteiger charge is 2.16. The molecule has 0 unspecified atom stereocenters. The third-order valence-corrected chi connectivity index (χ3v) is 1.65. The lowest BCUT2D eigenvalue weighted by Gasteiger charge is -2.19. The molecule has 0 fully saturated rings. The fourth-order valence-electron chi connectivity index (χ4n) is 1.07. The van der Waals surface area contributed by atoms with E-state index in [1.807, 2.05) is 20.8 Å². The largest absolute Gasteiger partial charge is 0.481 e. The molecule has 0 saturated carbocycles. The number of carbonyl (C=O) groups is 1. The van der Waals surface area contributed by atoms with Gasteiger partial charge < -0.3 is 14.8 Å². The second kappa shape index (κ2) is 5.47. The molecule has 0 bridgehead atoms. The zero-order valence-corrected chi connectivity index (χ0v) is 10.5. The molecular weight excluding hydrogens is 222 g/mol. The summed E-state index contributed by atoms with van der Waals surface area (Å²) in [5.41, 5.74) is -0.492. The number of carbonyl (C=O) groups excluding carboxylic acids is 1. The van der Waals surface area contributed by atoms with Gasteiger partial charge in [0.2, 0.25) is 11.8 Å². The van der Waals surface area contributed by atoms with Crippen LogP contribution in [-0.2, 0) is 9.53 Å². The maximum atomic E-state index is 11.4. The van der Waals surface area contributed by atoms with E-state index in [4.69, 9.17) is 9.47 Å². The molecule has 6 nitrogen and oxygen atoms in total. The predicted octanol–water partition coefficient (Wildman–Crippen LogP) is 1.24.